The second-order valence-corrected chi connectivity index (χ2v) is 7.62. The number of hydrogen-bond acceptors (Lipinski definition) is 2. The van der Waals surface area contributed by atoms with Gasteiger partial charge in [-0.05, 0) is 63.8 Å². The molecule has 1 saturated carbocycles. The monoisotopic (exact) mass is 269 g/mol. The molecule has 0 aromatic rings. The highest BCUT2D eigenvalue weighted by Gasteiger charge is 2.41. The summed E-state index contributed by atoms with van der Waals surface area (Å²) in [5.74, 6) is 0.869. The molecule has 0 aromatic heterocycles. The fourth-order valence-corrected chi connectivity index (χ4v) is 3.38. The Labute approximate surface area is 120 Å². The maximum absolute atomic E-state index is 6.27. The van der Waals surface area contributed by atoms with E-state index in [2.05, 4.69) is 47.0 Å². The topological polar surface area (TPSA) is 21.3 Å². The van der Waals surface area contributed by atoms with E-state index in [4.69, 9.17) is 4.74 Å². The van der Waals surface area contributed by atoms with Gasteiger partial charge in [-0.2, -0.15) is 0 Å². The van der Waals surface area contributed by atoms with Gasteiger partial charge >= 0.3 is 0 Å². The molecule has 0 saturated heterocycles. The summed E-state index contributed by atoms with van der Waals surface area (Å²) in [6, 6.07) is 0.499. The van der Waals surface area contributed by atoms with Gasteiger partial charge in [-0.15, -0.1) is 0 Å². The van der Waals surface area contributed by atoms with Crippen molar-refractivity contribution in [2.45, 2.75) is 84.8 Å². The third-order valence-corrected chi connectivity index (χ3v) is 4.72. The fourth-order valence-electron chi connectivity index (χ4n) is 3.38. The zero-order valence-corrected chi connectivity index (χ0v) is 14.0. The van der Waals surface area contributed by atoms with Crippen LogP contribution in [0, 0.1) is 11.3 Å². The van der Waals surface area contributed by atoms with Crippen LogP contribution in [0.1, 0.15) is 73.1 Å². The Morgan fingerprint density at radius 3 is 2.26 bits per heavy atom. The normalized spacial score (nSPS) is 30.3. The van der Waals surface area contributed by atoms with Gasteiger partial charge < -0.3 is 10.1 Å². The van der Waals surface area contributed by atoms with Crippen molar-refractivity contribution in [1.82, 2.24) is 5.32 Å². The minimum Gasteiger partial charge on any atom is -0.374 e. The first kappa shape index (κ1) is 17.0. The van der Waals surface area contributed by atoms with Crippen molar-refractivity contribution in [3.05, 3.63) is 0 Å². The van der Waals surface area contributed by atoms with Gasteiger partial charge in [0.25, 0.3) is 0 Å². The highest BCUT2D eigenvalue weighted by molar-refractivity contribution is 4.96. The van der Waals surface area contributed by atoms with Crippen molar-refractivity contribution >= 4 is 0 Å². The van der Waals surface area contributed by atoms with E-state index in [9.17, 15) is 0 Å². The minimum absolute atomic E-state index is 0.0846. The minimum atomic E-state index is 0.0846. The molecule has 1 unspecified atom stereocenters. The molecular formula is C17H35NO. The van der Waals surface area contributed by atoms with Crippen LogP contribution >= 0.6 is 0 Å². The second kappa shape index (κ2) is 7.08. The quantitative estimate of drug-likeness (QED) is 0.772. The lowest BCUT2D eigenvalue weighted by Gasteiger charge is -2.45. The molecule has 2 heteroatoms. The van der Waals surface area contributed by atoms with Gasteiger partial charge in [-0.1, -0.05) is 27.7 Å². The van der Waals surface area contributed by atoms with Crippen LogP contribution in [0.3, 0.4) is 0 Å². The predicted molar refractivity (Wildman–Crippen MR) is 83.5 cm³/mol. The van der Waals surface area contributed by atoms with Gasteiger partial charge in [0.15, 0.2) is 0 Å². The van der Waals surface area contributed by atoms with Gasteiger partial charge in [0.2, 0.25) is 0 Å². The number of ether oxygens (including phenoxy) is 1. The van der Waals surface area contributed by atoms with Gasteiger partial charge in [-0.3, -0.25) is 0 Å². The van der Waals surface area contributed by atoms with Crippen molar-refractivity contribution in [2.24, 2.45) is 11.3 Å². The molecule has 0 radical (unpaired) electrons. The van der Waals surface area contributed by atoms with Crippen LogP contribution < -0.4 is 5.32 Å². The van der Waals surface area contributed by atoms with Gasteiger partial charge in [0, 0.05) is 12.6 Å². The lowest BCUT2D eigenvalue weighted by molar-refractivity contribution is -0.0977. The SMILES string of the molecule is CCOC1(C(CCC(C)(C)C)NC)CCC(C)CC1. The molecule has 1 fully saturated rings. The lowest BCUT2D eigenvalue weighted by atomic mass is 9.73. The molecule has 0 amide bonds. The zero-order valence-electron chi connectivity index (χ0n) is 14.0. The fraction of sp³-hybridized carbons (Fsp3) is 1.00. The van der Waals surface area contributed by atoms with Crippen LogP contribution in [0.5, 0.6) is 0 Å². The van der Waals surface area contributed by atoms with E-state index in [-0.39, 0.29) is 5.60 Å². The van der Waals surface area contributed by atoms with E-state index >= 15 is 0 Å². The van der Waals surface area contributed by atoms with Gasteiger partial charge in [0.05, 0.1) is 5.60 Å². The van der Waals surface area contributed by atoms with Gasteiger partial charge in [-0.25, -0.2) is 0 Å². The zero-order chi connectivity index (χ0) is 14.5. The summed E-state index contributed by atoms with van der Waals surface area (Å²) in [5.41, 5.74) is 0.492. The second-order valence-electron chi connectivity index (χ2n) is 7.62. The molecule has 1 aliphatic carbocycles. The Hall–Kier alpha value is -0.0800. The molecule has 0 heterocycles. The van der Waals surface area contributed by atoms with E-state index in [1.165, 1.54) is 38.5 Å². The summed E-state index contributed by atoms with van der Waals surface area (Å²) in [5, 5.41) is 3.56. The molecule has 0 spiro atoms. The predicted octanol–water partition coefficient (Wildman–Crippen LogP) is 4.39. The molecule has 0 aliphatic heterocycles. The molecule has 1 rings (SSSR count). The lowest BCUT2D eigenvalue weighted by Crippen LogP contribution is -2.53. The summed E-state index contributed by atoms with van der Waals surface area (Å²) < 4.78 is 6.27. The first-order valence-corrected chi connectivity index (χ1v) is 8.14. The standard InChI is InChI=1S/C17H35NO/c1-7-19-17(12-8-14(2)9-13-17)15(18-6)10-11-16(3,4)5/h14-15,18H,7-13H2,1-6H3. The maximum Gasteiger partial charge on any atom is 0.0834 e. The molecule has 1 aliphatic rings. The number of nitrogens with one attached hydrogen (secondary N) is 1. The van der Waals surface area contributed by atoms with Crippen LogP contribution in [-0.4, -0.2) is 25.3 Å². The number of likely N-dealkylation sites (N-methyl/N-ethyl adjacent to an activating group) is 1. The highest BCUT2D eigenvalue weighted by Crippen LogP contribution is 2.39. The maximum atomic E-state index is 6.27. The highest BCUT2D eigenvalue weighted by atomic mass is 16.5. The number of rotatable bonds is 6. The van der Waals surface area contributed by atoms with Crippen molar-refractivity contribution in [1.29, 1.82) is 0 Å². The average molecular weight is 269 g/mol. The van der Waals surface area contributed by atoms with Crippen LogP contribution in [0.4, 0.5) is 0 Å². The Morgan fingerprint density at radius 2 is 1.84 bits per heavy atom. The van der Waals surface area contributed by atoms with Crippen LogP contribution in [-0.2, 0) is 4.74 Å². The third kappa shape index (κ3) is 5.07. The van der Waals surface area contributed by atoms with Crippen molar-refractivity contribution < 1.29 is 4.74 Å². The Balaban J connectivity index is 2.71. The molecule has 114 valence electrons. The molecule has 0 aromatic carbocycles. The molecule has 19 heavy (non-hydrogen) atoms. The van der Waals surface area contributed by atoms with E-state index < -0.39 is 0 Å². The first-order chi connectivity index (χ1) is 8.83. The molecule has 2 nitrogen and oxygen atoms in total. The Morgan fingerprint density at radius 1 is 1.26 bits per heavy atom. The summed E-state index contributed by atoms with van der Waals surface area (Å²) in [7, 11) is 2.10. The summed E-state index contributed by atoms with van der Waals surface area (Å²) >= 11 is 0. The average Bonchev–Trinajstić information content (AvgIpc) is 2.32. The number of hydrogen-bond donors (Lipinski definition) is 1. The van der Waals surface area contributed by atoms with E-state index in [1.807, 2.05) is 0 Å². The smallest absolute Gasteiger partial charge is 0.0834 e. The van der Waals surface area contributed by atoms with Crippen LogP contribution in [0.2, 0.25) is 0 Å². The molecular weight excluding hydrogens is 234 g/mol. The van der Waals surface area contributed by atoms with Crippen LogP contribution in [0.15, 0.2) is 0 Å². The van der Waals surface area contributed by atoms with Crippen molar-refractivity contribution in [3.63, 3.8) is 0 Å². The van der Waals surface area contributed by atoms with Gasteiger partial charge in [0.1, 0.15) is 0 Å². The first-order valence-electron chi connectivity index (χ1n) is 8.14. The largest absolute Gasteiger partial charge is 0.374 e. The molecule has 1 atom stereocenters. The Kier molecular flexibility index (Phi) is 6.32. The Bertz CT molecular complexity index is 248. The summed E-state index contributed by atoms with van der Waals surface area (Å²) in [6.45, 7) is 12.3. The van der Waals surface area contributed by atoms with Crippen molar-refractivity contribution in [2.75, 3.05) is 13.7 Å². The summed E-state index contributed by atoms with van der Waals surface area (Å²) in [4.78, 5) is 0. The van der Waals surface area contributed by atoms with E-state index in [0.29, 0.717) is 11.5 Å². The van der Waals surface area contributed by atoms with Crippen LogP contribution in [0.25, 0.3) is 0 Å². The third-order valence-electron chi connectivity index (χ3n) is 4.72. The van der Waals surface area contributed by atoms with E-state index in [1.54, 1.807) is 0 Å². The molecule has 0 bridgehead atoms. The van der Waals surface area contributed by atoms with E-state index in [0.717, 1.165) is 12.5 Å². The van der Waals surface area contributed by atoms with Crippen molar-refractivity contribution in [3.8, 4) is 0 Å². The summed E-state index contributed by atoms with van der Waals surface area (Å²) in [6.07, 6.45) is 7.54. The molecule has 1 N–H and O–H groups in total.